The first-order valence-corrected chi connectivity index (χ1v) is 7.00. The summed E-state index contributed by atoms with van der Waals surface area (Å²) in [7, 11) is 1.68. The first kappa shape index (κ1) is 15.0. The van der Waals surface area contributed by atoms with Crippen molar-refractivity contribution >= 4 is 0 Å². The van der Waals surface area contributed by atoms with Crippen LogP contribution < -0.4 is 4.74 Å². The molecule has 0 N–H and O–H groups in total. The maximum absolute atomic E-state index is 5.84. The van der Waals surface area contributed by atoms with Crippen LogP contribution in [0.25, 0.3) is 0 Å². The van der Waals surface area contributed by atoms with Gasteiger partial charge in [-0.2, -0.15) is 0 Å². The third kappa shape index (κ3) is 6.06. The summed E-state index contributed by atoms with van der Waals surface area (Å²) in [5.41, 5.74) is 1.20. The molecule has 2 nitrogen and oxygen atoms in total. The largest absolute Gasteiger partial charge is 0.497 e. The van der Waals surface area contributed by atoms with Crippen LogP contribution in [0.15, 0.2) is 24.3 Å². The number of benzene rings is 1. The Morgan fingerprint density at radius 2 is 1.78 bits per heavy atom. The molecule has 1 aromatic rings. The molecule has 0 fully saturated rings. The van der Waals surface area contributed by atoms with E-state index in [2.05, 4.69) is 26.0 Å². The van der Waals surface area contributed by atoms with Gasteiger partial charge in [0.15, 0.2) is 0 Å². The van der Waals surface area contributed by atoms with Gasteiger partial charge in [-0.1, -0.05) is 44.7 Å². The van der Waals surface area contributed by atoms with Crippen LogP contribution in [0.3, 0.4) is 0 Å². The van der Waals surface area contributed by atoms with Gasteiger partial charge in [-0.05, 0) is 31.0 Å². The van der Waals surface area contributed by atoms with E-state index in [1.165, 1.54) is 31.2 Å². The van der Waals surface area contributed by atoms with Crippen LogP contribution in [0.5, 0.6) is 5.75 Å². The van der Waals surface area contributed by atoms with E-state index in [4.69, 9.17) is 9.47 Å². The van der Waals surface area contributed by atoms with E-state index < -0.39 is 0 Å². The molecule has 0 bridgehead atoms. The Labute approximate surface area is 111 Å². The molecule has 102 valence electrons. The SMILES string of the molecule is CCCCCCC(C)OCc1ccc(OC)cc1. The van der Waals surface area contributed by atoms with Crippen LogP contribution in [0.4, 0.5) is 0 Å². The van der Waals surface area contributed by atoms with Crippen molar-refractivity contribution in [2.45, 2.75) is 58.7 Å². The zero-order valence-corrected chi connectivity index (χ0v) is 11.9. The van der Waals surface area contributed by atoms with Crippen molar-refractivity contribution < 1.29 is 9.47 Å². The van der Waals surface area contributed by atoms with Crippen LogP contribution in [0, 0.1) is 0 Å². The molecule has 0 aliphatic carbocycles. The van der Waals surface area contributed by atoms with E-state index >= 15 is 0 Å². The highest BCUT2D eigenvalue weighted by molar-refractivity contribution is 5.26. The summed E-state index contributed by atoms with van der Waals surface area (Å²) in [6.45, 7) is 5.10. The molecule has 2 heteroatoms. The lowest BCUT2D eigenvalue weighted by Gasteiger charge is -2.13. The third-order valence-corrected chi connectivity index (χ3v) is 3.16. The fraction of sp³-hybridized carbons (Fsp3) is 0.625. The third-order valence-electron chi connectivity index (χ3n) is 3.16. The average Bonchev–Trinajstić information content (AvgIpc) is 2.42. The number of ether oxygens (including phenoxy) is 2. The molecule has 1 rings (SSSR count). The van der Waals surface area contributed by atoms with Crippen molar-refractivity contribution in [3.8, 4) is 5.75 Å². The fourth-order valence-corrected chi connectivity index (χ4v) is 1.90. The normalized spacial score (nSPS) is 12.4. The molecule has 0 saturated carbocycles. The standard InChI is InChI=1S/C16H26O2/c1-4-5-6-7-8-14(2)18-13-15-9-11-16(17-3)12-10-15/h9-12,14H,4-8,13H2,1-3H3. The lowest BCUT2D eigenvalue weighted by atomic mass is 10.1. The van der Waals surface area contributed by atoms with Crippen LogP contribution in [-0.4, -0.2) is 13.2 Å². The van der Waals surface area contributed by atoms with E-state index in [0.717, 1.165) is 12.2 Å². The van der Waals surface area contributed by atoms with Crippen molar-refractivity contribution in [2.24, 2.45) is 0 Å². The second-order valence-corrected chi connectivity index (χ2v) is 4.82. The minimum atomic E-state index is 0.351. The number of hydrogen-bond acceptors (Lipinski definition) is 2. The minimum Gasteiger partial charge on any atom is -0.497 e. The van der Waals surface area contributed by atoms with Crippen LogP contribution in [-0.2, 0) is 11.3 Å². The lowest BCUT2D eigenvalue weighted by molar-refractivity contribution is 0.0459. The fourth-order valence-electron chi connectivity index (χ4n) is 1.90. The van der Waals surface area contributed by atoms with Gasteiger partial charge >= 0.3 is 0 Å². The lowest BCUT2D eigenvalue weighted by Crippen LogP contribution is -2.07. The van der Waals surface area contributed by atoms with E-state index in [0.29, 0.717) is 12.7 Å². The average molecular weight is 250 g/mol. The topological polar surface area (TPSA) is 18.5 Å². The van der Waals surface area contributed by atoms with Crippen molar-refractivity contribution in [1.82, 2.24) is 0 Å². The smallest absolute Gasteiger partial charge is 0.118 e. The molecule has 0 aliphatic heterocycles. The summed E-state index contributed by atoms with van der Waals surface area (Å²) in [5, 5.41) is 0. The highest BCUT2D eigenvalue weighted by Gasteiger charge is 2.02. The molecule has 0 heterocycles. The molecule has 1 atom stereocenters. The minimum absolute atomic E-state index is 0.351. The Morgan fingerprint density at radius 1 is 1.06 bits per heavy atom. The van der Waals surface area contributed by atoms with Gasteiger partial charge in [0, 0.05) is 0 Å². The second kappa shape index (κ2) is 8.98. The Bertz CT molecular complexity index is 305. The van der Waals surface area contributed by atoms with Gasteiger partial charge in [0.1, 0.15) is 5.75 Å². The maximum Gasteiger partial charge on any atom is 0.118 e. The Kier molecular flexibility index (Phi) is 7.51. The number of unbranched alkanes of at least 4 members (excludes halogenated alkanes) is 3. The Morgan fingerprint density at radius 3 is 2.39 bits per heavy atom. The van der Waals surface area contributed by atoms with Gasteiger partial charge in [-0.25, -0.2) is 0 Å². The van der Waals surface area contributed by atoms with Gasteiger partial charge in [-0.15, -0.1) is 0 Å². The van der Waals surface area contributed by atoms with Crippen molar-refractivity contribution in [3.05, 3.63) is 29.8 Å². The summed E-state index contributed by atoms with van der Waals surface area (Å²) in [6.07, 6.45) is 6.75. The van der Waals surface area contributed by atoms with Gasteiger partial charge in [0.2, 0.25) is 0 Å². The summed E-state index contributed by atoms with van der Waals surface area (Å²) in [6, 6.07) is 8.07. The molecule has 0 saturated heterocycles. The summed E-state index contributed by atoms with van der Waals surface area (Å²) in [4.78, 5) is 0. The van der Waals surface area contributed by atoms with Crippen molar-refractivity contribution in [2.75, 3.05) is 7.11 Å². The molecule has 0 amide bonds. The van der Waals surface area contributed by atoms with Gasteiger partial charge in [0.05, 0.1) is 19.8 Å². The zero-order valence-electron chi connectivity index (χ0n) is 11.9. The molecule has 0 aliphatic rings. The highest BCUT2D eigenvalue weighted by atomic mass is 16.5. The first-order chi connectivity index (χ1) is 8.76. The first-order valence-electron chi connectivity index (χ1n) is 7.00. The van der Waals surface area contributed by atoms with Gasteiger partial charge < -0.3 is 9.47 Å². The Balaban J connectivity index is 2.18. The molecular formula is C16H26O2. The molecular weight excluding hydrogens is 224 g/mol. The molecule has 0 spiro atoms. The van der Waals surface area contributed by atoms with Gasteiger partial charge in [0.25, 0.3) is 0 Å². The molecule has 0 aromatic heterocycles. The van der Waals surface area contributed by atoms with E-state index in [1.54, 1.807) is 7.11 Å². The number of methoxy groups -OCH3 is 1. The van der Waals surface area contributed by atoms with Crippen LogP contribution >= 0.6 is 0 Å². The molecule has 0 radical (unpaired) electrons. The van der Waals surface area contributed by atoms with Crippen LogP contribution in [0.1, 0.15) is 51.5 Å². The summed E-state index contributed by atoms with van der Waals surface area (Å²) >= 11 is 0. The maximum atomic E-state index is 5.84. The quantitative estimate of drug-likeness (QED) is 0.598. The number of rotatable bonds is 9. The van der Waals surface area contributed by atoms with Crippen molar-refractivity contribution in [3.63, 3.8) is 0 Å². The van der Waals surface area contributed by atoms with Gasteiger partial charge in [-0.3, -0.25) is 0 Å². The second-order valence-electron chi connectivity index (χ2n) is 4.82. The highest BCUT2D eigenvalue weighted by Crippen LogP contribution is 2.14. The van der Waals surface area contributed by atoms with E-state index in [9.17, 15) is 0 Å². The number of hydrogen-bond donors (Lipinski definition) is 0. The monoisotopic (exact) mass is 250 g/mol. The molecule has 1 unspecified atom stereocenters. The zero-order chi connectivity index (χ0) is 13.2. The summed E-state index contributed by atoms with van der Waals surface area (Å²) < 4.78 is 11.0. The summed E-state index contributed by atoms with van der Waals surface area (Å²) in [5.74, 6) is 0.895. The Hall–Kier alpha value is -1.02. The molecule has 18 heavy (non-hydrogen) atoms. The van der Waals surface area contributed by atoms with Crippen molar-refractivity contribution in [1.29, 1.82) is 0 Å². The van der Waals surface area contributed by atoms with E-state index in [1.807, 2.05) is 12.1 Å². The van der Waals surface area contributed by atoms with Crippen LogP contribution in [0.2, 0.25) is 0 Å². The molecule has 1 aromatic carbocycles. The predicted octanol–water partition coefficient (Wildman–Crippen LogP) is 4.57. The van der Waals surface area contributed by atoms with E-state index in [-0.39, 0.29) is 0 Å². The predicted molar refractivity (Wildman–Crippen MR) is 76.0 cm³/mol.